The summed E-state index contributed by atoms with van der Waals surface area (Å²) in [5, 5.41) is 10.8. The third-order valence-corrected chi connectivity index (χ3v) is 5.78. The van der Waals surface area contributed by atoms with Gasteiger partial charge in [0.25, 0.3) is 5.91 Å². The lowest BCUT2D eigenvalue weighted by molar-refractivity contribution is -0.113. The zero-order valence-electron chi connectivity index (χ0n) is 19.3. The van der Waals surface area contributed by atoms with Crippen LogP contribution in [0.2, 0.25) is 5.02 Å². The Kier molecular flexibility index (Phi) is 6.51. The Hall–Kier alpha value is -3.92. The molecule has 3 aromatic rings. The monoisotopic (exact) mass is 485 g/mol. The van der Waals surface area contributed by atoms with E-state index < -0.39 is 6.04 Å². The van der Waals surface area contributed by atoms with Gasteiger partial charge in [0, 0.05) is 17.8 Å². The molecule has 0 bridgehead atoms. The molecule has 1 aliphatic heterocycles. The van der Waals surface area contributed by atoms with Crippen LogP contribution in [0.3, 0.4) is 0 Å². The molecule has 0 saturated heterocycles. The summed E-state index contributed by atoms with van der Waals surface area (Å²) in [5.41, 5.74) is 2.22. The first-order valence-corrected chi connectivity index (χ1v) is 10.6. The molecule has 4 rings (SSSR count). The van der Waals surface area contributed by atoms with Crippen LogP contribution in [0.5, 0.6) is 23.0 Å². The van der Waals surface area contributed by atoms with E-state index in [1.54, 1.807) is 44.0 Å². The number of allylic oxidation sites excluding steroid dienone is 1. The van der Waals surface area contributed by atoms with Gasteiger partial charge in [-0.2, -0.15) is 10.1 Å². The van der Waals surface area contributed by atoms with E-state index in [-0.39, 0.29) is 5.91 Å². The van der Waals surface area contributed by atoms with Crippen molar-refractivity contribution in [1.29, 1.82) is 0 Å². The topological polar surface area (TPSA) is 109 Å². The lowest BCUT2D eigenvalue weighted by Gasteiger charge is -2.29. The summed E-state index contributed by atoms with van der Waals surface area (Å²) in [6.45, 7) is 1.81. The standard InChI is InChI=1S/C23H24ClN5O5/c1-12-20(22(30)28-15-10-17(32-3)14(24)9-18(15)33-4)21(29-23(27-12)25-11-26-29)13-6-7-16(31-2)19(8-13)34-5/h6-11,21H,1-5H3,(H,28,30)(H,25,26,27)/t21-/m0/s1. The van der Waals surface area contributed by atoms with Crippen molar-refractivity contribution < 1.29 is 23.7 Å². The highest BCUT2D eigenvalue weighted by Crippen LogP contribution is 2.40. The number of carbonyl (C=O) groups is 1. The third kappa shape index (κ3) is 4.08. The summed E-state index contributed by atoms with van der Waals surface area (Å²) in [6.07, 6.45) is 1.43. The van der Waals surface area contributed by atoms with Gasteiger partial charge in [-0.05, 0) is 24.6 Å². The Morgan fingerprint density at radius 3 is 2.38 bits per heavy atom. The summed E-state index contributed by atoms with van der Waals surface area (Å²) in [7, 11) is 6.11. The van der Waals surface area contributed by atoms with Crippen molar-refractivity contribution in [2.24, 2.45) is 0 Å². The van der Waals surface area contributed by atoms with E-state index >= 15 is 0 Å². The third-order valence-electron chi connectivity index (χ3n) is 5.48. The van der Waals surface area contributed by atoms with E-state index in [4.69, 9.17) is 30.5 Å². The molecule has 2 aromatic carbocycles. The molecule has 10 nitrogen and oxygen atoms in total. The molecule has 0 fully saturated rings. The number of benzene rings is 2. The number of anilines is 2. The fourth-order valence-corrected chi connectivity index (χ4v) is 4.09. The summed E-state index contributed by atoms with van der Waals surface area (Å²) in [6, 6.07) is 8.06. The van der Waals surface area contributed by atoms with Crippen molar-refractivity contribution in [2.45, 2.75) is 13.0 Å². The quantitative estimate of drug-likeness (QED) is 0.518. The molecule has 1 amide bonds. The molecule has 34 heavy (non-hydrogen) atoms. The molecule has 0 aliphatic carbocycles. The van der Waals surface area contributed by atoms with E-state index in [1.165, 1.54) is 20.5 Å². The number of fused-ring (bicyclic) bond motifs is 1. The van der Waals surface area contributed by atoms with Gasteiger partial charge in [-0.1, -0.05) is 17.7 Å². The molecule has 1 aliphatic rings. The first kappa shape index (κ1) is 23.2. The van der Waals surface area contributed by atoms with Crippen molar-refractivity contribution >= 4 is 29.1 Å². The Morgan fingerprint density at radius 2 is 1.71 bits per heavy atom. The SMILES string of the molecule is COc1cc(NC(=O)C2=C(C)Nc3ncnn3[C@H]2c2ccc(OC)c(OC)c2)c(OC)cc1Cl. The van der Waals surface area contributed by atoms with Crippen molar-refractivity contribution in [3.63, 3.8) is 0 Å². The predicted molar refractivity (Wildman–Crippen MR) is 127 cm³/mol. The summed E-state index contributed by atoms with van der Waals surface area (Å²) in [5.74, 6) is 2.05. The van der Waals surface area contributed by atoms with Crippen LogP contribution in [0.15, 0.2) is 47.9 Å². The summed E-state index contributed by atoms with van der Waals surface area (Å²) < 4.78 is 23.2. The van der Waals surface area contributed by atoms with Crippen LogP contribution in [0.25, 0.3) is 0 Å². The number of hydrogen-bond acceptors (Lipinski definition) is 8. The first-order valence-electron chi connectivity index (χ1n) is 10.2. The van der Waals surface area contributed by atoms with Gasteiger partial charge in [0.15, 0.2) is 11.5 Å². The minimum atomic E-state index is -0.584. The van der Waals surface area contributed by atoms with Gasteiger partial charge in [-0.15, -0.1) is 0 Å². The maximum absolute atomic E-state index is 13.7. The lowest BCUT2D eigenvalue weighted by Crippen LogP contribution is -2.31. The number of carbonyl (C=O) groups excluding carboxylic acids is 1. The Labute approximate surface area is 201 Å². The van der Waals surface area contributed by atoms with Crippen molar-refractivity contribution in [3.8, 4) is 23.0 Å². The molecule has 2 N–H and O–H groups in total. The van der Waals surface area contributed by atoms with E-state index in [0.29, 0.717) is 50.9 Å². The number of nitrogens with one attached hydrogen (secondary N) is 2. The molecule has 11 heteroatoms. The van der Waals surface area contributed by atoms with Gasteiger partial charge < -0.3 is 29.6 Å². The van der Waals surface area contributed by atoms with Gasteiger partial charge >= 0.3 is 0 Å². The molecule has 178 valence electrons. The second-order valence-corrected chi connectivity index (χ2v) is 7.76. The van der Waals surface area contributed by atoms with Crippen LogP contribution in [0, 0.1) is 0 Å². The maximum Gasteiger partial charge on any atom is 0.255 e. The maximum atomic E-state index is 13.7. The lowest BCUT2D eigenvalue weighted by atomic mass is 9.94. The fourth-order valence-electron chi connectivity index (χ4n) is 3.86. The number of methoxy groups -OCH3 is 4. The molecule has 1 atom stereocenters. The van der Waals surface area contributed by atoms with Gasteiger partial charge in [0.2, 0.25) is 5.95 Å². The highest BCUT2D eigenvalue weighted by Gasteiger charge is 2.34. The van der Waals surface area contributed by atoms with Crippen LogP contribution in [-0.2, 0) is 4.79 Å². The van der Waals surface area contributed by atoms with E-state index in [2.05, 4.69) is 20.7 Å². The normalized spacial score (nSPS) is 14.7. The van der Waals surface area contributed by atoms with Crippen LogP contribution in [0.4, 0.5) is 11.6 Å². The molecule has 0 radical (unpaired) electrons. The number of hydrogen-bond donors (Lipinski definition) is 2. The Balaban J connectivity index is 1.79. The largest absolute Gasteiger partial charge is 0.495 e. The molecular weight excluding hydrogens is 462 g/mol. The van der Waals surface area contributed by atoms with Crippen molar-refractivity contribution in [1.82, 2.24) is 14.8 Å². The molecule has 2 heterocycles. The minimum absolute atomic E-state index is 0.363. The first-order chi connectivity index (χ1) is 16.4. The van der Waals surface area contributed by atoms with Gasteiger partial charge in [-0.25, -0.2) is 4.68 Å². The zero-order valence-corrected chi connectivity index (χ0v) is 20.1. The average molecular weight is 486 g/mol. The Morgan fingerprint density at radius 1 is 1.00 bits per heavy atom. The number of rotatable bonds is 7. The van der Waals surface area contributed by atoms with Crippen LogP contribution in [0.1, 0.15) is 18.5 Å². The average Bonchev–Trinajstić information content (AvgIpc) is 3.31. The van der Waals surface area contributed by atoms with Crippen LogP contribution in [-0.4, -0.2) is 49.1 Å². The zero-order chi connectivity index (χ0) is 24.4. The van der Waals surface area contributed by atoms with Gasteiger partial charge in [-0.3, -0.25) is 4.79 Å². The molecule has 1 aromatic heterocycles. The number of halogens is 1. The smallest absolute Gasteiger partial charge is 0.255 e. The molecule has 0 unspecified atom stereocenters. The minimum Gasteiger partial charge on any atom is -0.495 e. The number of aromatic nitrogens is 3. The van der Waals surface area contributed by atoms with Crippen LogP contribution < -0.4 is 29.6 Å². The fraction of sp³-hybridized carbons (Fsp3) is 0.261. The van der Waals surface area contributed by atoms with Gasteiger partial charge in [0.1, 0.15) is 23.9 Å². The van der Waals surface area contributed by atoms with E-state index in [1.807, 2.05) is 12.1 Å². The Bertz CT molecular complexity index is 1270. The summed E-state index contributed by atoms with van der Waals surface area (Å²) >= 11 is 6.21. The molecular formula is C23H24ClN5O5. The molecule has 0 spiro atoms. The summed E-state index contributed by atoms with van der Waals surface area (Å²) in [4.78, 5) is 17.9. The molecule has 0 saturated carbocycles. The number of nitrogens with zero attached hydrogens (tertiary/aromatic N) is 3. The second kappa shape index (κ2) is 9.52. The van der Waals surface area contributed by atoms with Crippen LogP contribution >= 0.6 is 11.6 Å². The van der Waals surface area contributed by atoms with E-state index in [0.717, 1.165) is 5.56 Å². The number of ether oxygens (including phenoxy) is 4. The van der Waals surface area contributed by atoms with Gasteiger partial charge in [0.05, 0.1) is 44.7 Å². The predicted octanol–water partition coefficient (Wildman–Crippen LogP) is 3.89. The van der Waals surface area contributed by atoms with Crippen molar-refractivity contribution in [2.75, 3.05) is 39.1 Å². The highest BCUT2D eigenvalue weighted by atomic mass is 35.5. The number of amides is 1. The second-order valence-electron chi connectivity index (χ2n) is 7.35. The highest BCUT2D eigenvalue weighted by molar-refractivity contribution is 6.32. The van der Waals surface area contributed by atoms with E-state index in [9.17, 15) is 4.79 Å². The van der Waals surface area contributed by atoms with Crippen molar-refractivity contribution in [3.05, 3.63) is 58.5 Å².